The van der Waals surface area contributed by atoms with E-state index in [2.05, 4.69) is 49.9 Å². The van der Waals surface area contributed by atoms with Gasteiger partial charge in [0.15, 0.2) is 0 Å². The first-order valence-corrected chi connectivity index (χ1v) is 8.20. The van der Waals surface area contributed by atoms with Gasteiger partial charge in [0.1, 0.15) is 0 Å². The molecule has 3 nitrogen and oxygen atoms in total. The van der Waals surface area contributed by atoms with Crippen LogP contribution in [0.25, 0.3) is 0 Å². The highest BCUT2D eigenvalue weighted by Crippen LogP contribution is 2.19. The second-order valence-corrected chi connectivity index (χ2v) is 6.52. The van der Waals surface area contributed by atoms with Crippen molar-refractivity contribution in [1.29, 1.82) is 0 Å². The predicted molar refractivity (Wildman–Crippen MR) is 84.7 cm³/mol. The van der Waals surface area contributed by atoms with Crippen LogP contribution >= 0.6 is 0 Å². The number of likely N-dealkylation sites (N-methyl/N-ethyl adjacent to an activating group) is 1. The molecule has 0 aliphatic carbocycles. The van der Waals surface area contributed by atoms with E-state index in [9.17, 15) is 0 Å². The fourth-order valence-corrected chi connectivity index (χ4v) is 2.91. The summed E-state index contributed by atoms with van der Waals surface area (Å²) < 4.78 is 0. The predicted octanol–water partition coefficient (Wildman–Crippen LogP) is 2.43. The summed E-state index contributed by atoms with van der Waals surface area (Å²) in [5.74, 6) is 0.838. The first-order valence-electron chi connectivity index (χ1n) is 8.20. The summed E-state index contributed by atoms with van der Waals surface area (Å²) in [7, 11) is 2.21. The van der Waals surface area contributed by atoms with Crippen molar-refractivity contribution in [2.24, 2.45) is 5.92 Å². The zero-order valence-electron chi connectivity index (χ0n) is 13.8. The molecule has 0 aromatic heterocycles. The van der Waals surface area contributed by atoms with E-state index in [1.807, 2.05) is 0 Å². The van der Waals surface area contributed by atoms with Gasteiger partial charge in [0, 0.05) is 31.7 Å². The van der Waals surface area contributed by atoms with Gasteiger partial charge >= 0.3 is 0 Å². The number of rotatable bonds is 8. The standard InChI is InChI=1S/C16H35N3/c1-6-10-19-11-7-8-16(13-19)15(4)17-9-12-18(5)14(2)3/h14-17H,6-13H2,1-5H3. The Morgan fingerprint density at radius 1 is 1.32 bits per heavy atom. The molecule has 0 bridgehead atoms. The summed E-state index contributed by atoms with van der Waals surface area (Å²) in [6.45, 7) is 15.3. The minimum atomic E-state index is 0.645. The maximum absolute atomic E-state index is 3.73. The fourth-order valence-electron chi connectivity index (χ4n) is 2.91. The minimum Gasteiger partial charge on any atom is -0.313 e. The third-order valence-corrected chi connectivity index (χ3v) is 4.60. The van der Waals surface area contributed by atoms with Gasteiger partial charge in [-0.2, -0.15) is 0 Å². The Kier molecular flexibility index (Phi) is 7.96. The summed E-state index contributed by atoms with van der Waals surface area (Å²) in [5.41, 5.74) is 0. The molecule has 0 amide bonds. The van der Waals surface area contributed by atoms with Crippen LogP contribution < -0.4 is 5.32 Å². The van der Waals surface area contributed by atoms with Crippen LogP contribution in [0.1, 0.15) is 47.0 Å². The zero-order valence-corrected chi connectivity index (χ0v) is 13.8. The van der Waals surface area contributed by atoms with E-state index < -0.39 is 0 Å². The van der Waals surface area contributed by atoms with Gasteiger partial charge in [0.25, 0.3) is 0 Å². The first-order chi connectivity index (χ1) is 9.04. The number of piperidine rings is 1. The Morgan fingerprint density at radius 3 is 2.68 bits per heavy atom. The summed E-state index contributed by atoms with van der Waals surface area (Å²) in [6.07, 6.45) is 4.06. The number of nitrogens with one attached hydrogen (secondary N) is 1. The van der Waals surface area contributed by atoms with Crippen LogP contribution in [0.4, 0.5) is 0 Å². The molecule has 114 valence electrons. The Balaban J connectivity index is 2.23. The second kappa shape index (κ2) is 8.93. The lowest BCUT2D eigenvalue weighted by Crippen LogP contribution is -2.46. The normalized spacial score (nSPS) is 23.2. The molecular weight excluding hydrogens is 234 g/mol. The van der Waals surface area contributed by atoms with Crippen LogP contribution in [0.5, 0.6) is 0 Å². The lowest BCUT2D eigenvalue weighted by molar-refractivity contribution is 0.149. The topological polar surface area (TPSA) is 18.5 Å². The molecule has 2 atom stereocenters. The zero-order chi connectivity index (χ0) is 14.3. The molecule has 1 saturated heterocycles. The number of nitrogens with zero attached hydrogens (tertiary/aromatic N) is 2. The van der Waals surface area contributed by atoms with E-state index in [-0.39, 0.29) is 0 Å². The van der Waals surface area contributed by atoms with E-state index in [4.69, 9.17) is 0 Å². The van der Waals surface area contributed by atoms with Gasteiger partial charge in [-0.15, -0.1) is 0 Å². The molecule has 1 aliphatic rings. The molecule has 2 unspecified atom stereocenters. The number of hydrogen-bond acceptors (Lipinski definition) is 3. The maximum atomic E-state index is 3.73. The molecule has 1 rings (SSSR count). The second-order valence-electron chi connectivity index (χ2n) is 6.52. The van der Waals surface area contributed by atoms with Gasteiger partial charge in [-0.1, -0.05) is 6.92 Å². The van der Waals surface area contributed by atoms with Gasteiger partial charge in [0.2, 0.25) is 0 Å². The Labute approximate surface area is 120 Å². The molecule has 19 heavy (non-hydrogen) atoms. The minimum absolute atomic E-state index is 0.645. The maximum Gasteiger partial charge on any atom is 0.0107 e. The van der Waals surface area contributed by atoms with Crippen molar-refractivity contribution in [2.75, 3.05) is 39.8 Å². The molecule has 0 spiro atoms. The molecule has 1 heterocycles. The first kappa shape index (κ1) is 16.9. The van der Waals surface area contributed by atoms with E-state index in [1.165, 1.54) is 38.9 Å². The van der Waals surface area contributed by atoms with Gasteiger partial charge in [-0.05, 0) is 66.1 Å². The van der Waals surface area contributed by atoms with E-state index in [0.29, 0.717) is 12.1 Å². The largest absolute Gasteiger partial charge is 0.313 e. The van der Waals surface area contributed by atoms with Crippen LogP contribution in [0.2, 0.25) is 0 Å². The third-order valence-electron chi connectivity index (χ3n) is 4.60. The Bertz CT molecular complexity index is 228. The number of hydrogen-bond donors (Lipinski definition) is 1. The van der Waals surface area contributed by atoms with Crippen molar-refractivity contribution in [1.82, 2.24) is 15.1 Å². The number of likely N-dealkylation sites (tertiary alicyclic amines) is 1. The smallest absolute Gasteiger partial charge is 0.0107 e. The molecule has 0 saturated carbocycles. The van der Waals surface area contributed by atoms with Crippen LogP contribution in [-0.4, -0.2) is 61.7 Å². The summed E-state index contributed by atoms with van der Waals surface area (Å²) in [5, 5.41) is 3.73. The van der Waals surface area contributed by atoms with Gasteiger partial charge in [0.05, 0.1) is 0 Å². The molecule has 0 aromatic rings. The lowest BCUT2D eigenvalue weighted by Gasteiger charge is -2.36. The summed E-state index contributed by atoms with van der Waals surface area (Å²) in [6, 6.07) is 1.30. The summed E-state index contributed by atoms with van der Waals surface area (Å²) in [4.78, 5) is 5.05. The fraction of sp³-hybridized carbons (Fsp3) is 1.00. The third kappa shape index (κ3) is 6.24. The van der Waals surface area contributed by atoms with Crippen molar-refractivity contribution in [3.05, 3.63) is 0 Å². The molecule has 3 heteroatoms. The SMILES string of the molecule is CCCN1CCCC(C(C)NCCN(C)C(C)C)C1. The van der Waals surface area contributed by atoms with Gasteiger partial charge < -0.3 is 15.1 Å². The highest BCUT2D eigenvalue weighted by atomic mass is 15.1. The van der Waals surface area contributed by atoms with Gasteiger partial charge in [-0.3, -0.25) is 0 Å². The Morgan fingerprint density at radius 2 is 2.05 bits per heavy atom. The van der Waals surface area contributed by atoms with Crippen molar-refractivity contribution < 1.29 is 0 Å². The van der Waals surface area contributed by atoms with Crippen molar-refractivity contribution in [3.63, 3.8) is 0 Å². The van der Waals surface area contributed by atoms with Crippen LogP contribution in [0, 0.1) is 5.92 Å². The summed E-state index contributed by atoms with van der Waals surface area (Å²) >= 11 is 0. The van der Waals surface area contributed by atoms with Crippen molar-refractivity contribution in [2.45, 2.75) is 59.0 Å². The molecular formula is C16H35N3. The van der Waals surface area contributed by atoms with E-state index in [0.717, 1.165) is 19.0 Å². The molecule has 0 radical (unpaired) electrons. The monoisotopic (exact) mass is 269 g/mol. The molecule has 1 aliphatic heterocycles. The quantitative estimate of drug-likeness (QED) is 0.730. The van der Waals surface area contributed by atoms with Crippen LogP contribution in [-0.2, 0) is 0 Å². The molecule has 0 aromatic carbocycles. The average molecular weight is 269 g/mol. The Hall–Kier alpha value is -0.120. The van der Waals surface area contributed by atoms with Crippen molar-refractivity contribution >= 4 is 0 Å². The van der Waals surface area contributed by atoms with Gasteiger partial charge in [-0.25, -0.2) is 0 Å². The van der Waals surface area contributed by atoms with E-state index >= 15 is 0 Å². The highest BCUT2D eigenvalue weighted by Gasteiger charge is 2.23. The van der Waals surface area contributed by atoms with Crippen LogP contribution in [0.15, 0.2) is 0 Å². The highest BCUT2D eigenvalue weighted by molar-refractivity contribution is 4.80. The van der Waals surface area contributed by atoms with Crippen molar-refractivity contribution in [3.8, 4) is 0 Å². The lowest BCUT2D eigenvalue weighted by atomic mass is 9.91. The molecule has 1 N–H and O–H groups in total. The van der Waals surface area contributed by atoms with E-state index in [1.54, 1.807) is 0 Å². The molecule has 1 fully saturated rings. The van der Waals surface area contributed by atoms with Crippen LogP contribution in [0.3, 0.4) is 0 Å². The average Bonchev–Trinajstić information content (AvgIpc) is 2.39.